The standard InChI is InChI=1S/C14H11IN2O3/c1-9-2-7-12(8-13(9)17(19)20)16-14(18)10-3-5-11(15)6-4-10/h2-8H,1H3,(H,16,18). The second kappa shape index (κ2) is 6.00. The molecule has 0 spiro atoms. The third-order valence-electron chi connectivity index (χ3n) is 2.77. The van der Waals surface area contributed by atoms with Gasteiger partial charge in [-0.3, -0.25) is 14.9 Å². The topological polar surface area (TPSA) is 72.2 Å². The highest BCUT2D eigenvalue weighted by atomic mass is 127. The molecule has 0 aromatic heterocycles. The van der Waals surface area contributed by atoms with Gasteiger partial charge in [-0.15, -0.1) is 0 Å². The molecule has 0 atom stereocenters. The van der Waals surface area contributed by atoms with Crippen LogP contribution in [0.2, 0.25) is 0 Å². The van der Waals surface area contributed by atoms with Crippen molar-refractivity contribution in [3.8, 4) is 0 Å². The SMILES string of the molecule is Cc1ccc(NC(=O)c2ccc(I)cc2)cc1[N+](=O)[O-]. The molecule has 0 saturated heterocycles. The number of carbonyl (C=O) groups is 1. The van der Waals surface area contributed by atoms with Gasteiger partial charge in [0.05, 0.1) is 4.92 Å². The molecule has 0 aliphatic rings. The maximum absolute atomic E-state index is 12.0. The summed E-state index contributed by atoms with van der Waals surface area (Å²) in [6.45, 7) is 1.66. The van der Waals surface area contributed by atoms with Crippen LogP contribution >= 0.6 is 22.6 Å². The van der Waals surface area contributed by atoms with Crippen molar-refractivity contribution in [2.45, 2.75) is 6.92 Å². The van der Waals surface area contributed by atoms with Crippen molar-refractivity contribution >= 4 is 39.9 Å². The van der Waals surface area contributed by atoms with E-state index in [1.54, 1.807) is 31.2 Å². The summed E-state index contributed by atoms with van der Waals surface area (Å²) in [5, 5.41) is 13.5. The van der Waals surface area contributed by atoms with Gasteiger partial charge in [-0.05, 0) is 59.8 Å². The molecule has 0 bridgehead atoms. The van der Waals surface area contributed by atoms with E-state index >= 15 is 0 Å². The predicted octanol–water partition coefficient (Wildman–Crippen LogP) is 3.76. The number of aryl methyl sites for hydroxylation is 1. The molecule has 2 rings (SSSR count). The molecule has 1 N–H and O–H groups in total. The molecule has 0 aliphatic carbocycles. The lowest BCUT2D eigenvalue weighted by molar-refractivity contribution is -0.385. The molecule has 6 heteroatoms. The summed E-state index contributed by atoms with van der Waals surface area (Å²) < 4.78 is 1.03. The van der Waals surface area contributed by atoms with E-state index in [2.05, 4.69) is 27.9 Å². The minimum Gasteiger partial charge on any atom is -0.322 e. The first-order valence-corrected chi connectivity index (χ1v) is 6.87. The van der Waals surface area contributed by atoms with Crippen molar-refractivity contribution in [3.63, 3.8) is 0 Å². The fourth-order valence-electron chi connectivity index (χ4n) is 1.69. The van der Waals surface area contributed by atoms with E-state index < -0.39 is 4.92 Å². The highest BCUT2D eigenvalue weighted by Crippen LogP contribution is 2.22. The third kappa shape index (κ3) is 3.32. The summed E-state index contributed by atoms with van der Waals surface area (Å²) in [6, 6.07) is 11.7. The van der Waals surface area contributed by atoms with Gasteiger partial charge in [-0.25, -0.2) is 0 Å². The zero-order chi connectivity index (χ0) is 14.7. The number of hydrogen-bond acceptors (Lipinski definition) is 3. The maximum atomic E-state index is 12.0. The van der Waals surface area contributed by atoms with E-state index in [4.69, 9.17) is 0 Å². The van der Waals surface area contributed by atoms with Gasteiger partial charge >= 0.3 is 0 Å². The molecule has 0 fully saturated rings. The van der Waals surface area contributed by atoms with Crippen LogP contribution in [0.3, 0.4) is 0 Å². The summed E-state index contributed by atoms with van der Waals surface area (Å²) in [7, 11) is 0. The first kappa shape index (κ1) is 14.4. The normalized spacial score (nSPS) is 10.1. The smallest absolute Gasteiger partial charge is 0.274 e. The average molecular weight is 382 g/mol. The highest BCUT2D eigenvalue weighted by Gasteiger charge is 2.13. The lowest BCUT2D eigenvalue weighted by atomic mass is 10.1. The Morgan fingerprint density at radius 2 is 1.85 bits per heavy atom. The molecular weight excluding hydrogens is 371 g/mol. The summed E-state index contributed by atoms with van der Waals surface area (Å²) in [4.78, 5) is 22.4. The molecule has 2 aromatic rings. The van der Waals surface area contributed by atoms with Crippen LogP contribution in [-0.2, 0) is 0 Å². The van der Waals surface area contributed by atoms with Gasteiger partial charge in [-0.2, -0.15) is 0 Å². The van der Waals surface area contributed by atoms with Gasteiger partial charge in [0.2, 0.25) is 0 Å². The van der Waals surface area contributed by atoms with Crippen LogP contribution in [0.1, 0.15) is 15.9 Å². The predicted molar refractivity (Wildman–Crippen MR) is 84.9 cm³/mol. The fourth-order valence-corrected chi connectivity index (χ4v) is 2.05. The Bertz CT molecular complexity index is 669. The van der Waals surface area contributed by atoms with Gasteiger partial charge < -0.3 is 5.32 Å². The zero-order valence-electron chi connectivity index (χ0n) is 10.6. The van der Waals surface area contributed by atoms with Crippen LogP contribution in [-0.4, -0.2) is 10.8 Å². The van der Waals surface area contributed by atoms with Crippen molar-refractivity contribution in [1.82, 2.24) is 0 Å². The van der Waals surface area contributed by atoms with Crippen LogP contribution < -0.4 is 5.32 Å². The Balaban J connectivity index is 2.21. The summed E-state index contributed by atoms with van der Waals surface area (Å²) >= 11 is 2.15. The van der Waals surface area contributed by atoms with Crippen LogP contribution in [0.4, 0.5) is 11.4 Å². The van der Waals surface area contributed by atoms with Gasteiger partial charge in [-0.1, -0.05) is 6.07 Å². The number of nitro benzene ring substituents is 1. The number of nitro groups is 1. The Morgan fingerprint density at radius 3 is 2.45 bits per heavy atom. The Kier molecular flexibility index (Phi) is 4.33. The Labute approximate surface area is 129 Å². The molecule has 5 nitrogen and oxygen atoms in total. The first-order chi connectivity index (χ1) is 9.47. The molecule has 0 aliphatic heterocycles. The molecule has 0 radical (unpaired) electrons. The second-order valence-corrected chi connectivity index (χ2v) is 5.47. The lowest BCUT2D eigenvalue weighted by Gasteiger charge is -2.06. The quantitative estimate of drug-likeness (QED) is 0.499. The first-order valence-electron chi connectivity index (χ1n) is 5.79. The van der Waals surface area contributed by atoms with Gasteiger partial charge in [0.1, 0.15) is 0 Å². The van der Waals surface area contributed by atoms with E-state index in [0.717, 1.165) is 3.57 Å². The Hall–Kier alpha value is -1.96. The van der Waals surface area contributed by atoms with Crippen LogP contribution in [0.15, 0.2) is 42.5 Å². The number of benzene rings is 2. The van der Waals surface area contributed by atoms with E-state index in [-0.39, 0.29) is 11.6 Å². The number of hydrogen-bond donors (Lipinski definition) is 1. The molecule has 2 aromatic carbocycles. The largest absolute Gasteiger partial charge is 0.322 e. The molecule has 0 heterocycles. The summed E-state index contributed by atoms with van der Waals surface area (Å²) in [5.74, 6) is -0.292. The van der Waals surface area contributed by atoms with Crippen molar-refractivity contribution in [3.05, 3.63) is 67.3 Å². The number of nitrogens with one attached hydrogen (secondary N) is 1. The van der Waals surface area contributed by atoms with E-state index in [9.17, 15) is 14.9 Å². The molecule has 0 saturated carbocycles. The third-order valence-corrected chi connectivity index (χ3v) is 3.49. The van der Waals surface area contributed by atoms with E-state index in [1.807, 2.05) is 12.1 Å². The highest BCUT2D eigenvalue weighted by molar-refractivity contribution is 14.1. The number of anilines is 1. The molecular formula is C14H11IN2O3. The van der Waals surface area contributed by atoms with Gasteiger partial charge in [0.15, 0.2) is 0 Å². The maximum Gasteiger partial charge on any atom is 0.274 e. The van der Waals surface area contributed by atoms with E-state index in [0.29, 0.717) is 16.8 Å². The minimum absolute atomic E-state index is 0.00888. The number of amides is 1. The second-order valence-electron chi connectivity index (χ2n) is 4.22. The van der Waals surface area contributed by atoms with Crippen molar-refractivity contribution in [1.29, 1.82) is 0 Å². The van der Waals surface area contributed by atoms with Gasteiger partial charge in [0.25, 0.3) is 11.6 Å². The lowest BCUT2D eigenvalue weighted by Crippen LogP contribution is -2.12. The average Bonchev–Trinajstić information content (AvgIpc) is 2.41. The monoisotopic (exact) mass is 382 g/mol. The number of carbonyl (C=O) groups excluding carboxylic acids is 1. The number of nitrogens with zero attached hydrogens (tertiary/aromatic N) is 1. The zero-order valence-corrected chi connectivity index (χ0v) is 12.7. The van der Waals surface area contributed by atoms with Crippen LogP contribution in [0.5, 0.6) is 0 Å². The molecule has 20 heavy (non-hydrogen) atoms. The molecule has 1 amide bonds. The fraction of sp³-hybridized carbons (Fsp3) is 0.0714. The summed E-state index contributed by atoms with van der Waals surface area (Å²) in [6.07, 6.45) is 0. The van der Waals surface area contributed by atoms with Crippen LogP contribution in [0, 0.1) is 20.6 Å². The minimum atomic E-state index is -0.462. The molecule has 0 unspecified atom stereocenters. The van der Waals surface area contributed by atoms with Crippen molar-refractivity contribution in [2.75, 3.05) is 5.32 Å². The summed E-state index contributed by atoms with van der Waals surface area (Å²) in [5.41, 5.74) is 1.46. The molecule has 102 valence electrons. The van der Waals surface area contributed by atoms with Gasteiger partial charge in [0, 0.05) is 26.5 Å². The van der Waals surface area contributed by atoms with E-state index in [1.165, 1.54) is 6.07 Å². The number of halogens is 1. The number of rotatable bonds is 3. The van der Waals surface area contributed by atoms with Crippen molar-refractivity contribution < 1.29 is 9.72 Å². The van der Waals surface area contributed by atoms with Crippen molar-refractivity contribution in [2.24, 2.45) is 0 Å². The van der Waals surface area contributed by atoms with Crippen LogP contribution in [0.25, 0.3) is 0 Å². The Morgan fingerprint density at radius 1 is 1.20 bits per heavy atom.